The average Bonchev–Trinajstić information content (AvgIpc) is 2.61. The van der Waals surface area contributed by atoms with Gasteiger partial charge < -0.3 is 10.1 Å². The van der Waals surface area contributed by atoms with E-state index in [1.807, 2.05) is 6.92 Å². The van der Waals surface area contributed by atoms with E-state index in [9.17, 15) is 18.0 Å². The summed E-state index contributed by atoms with van der Waals surface area (Å²) in [5.41, 5.74) is -1.26. The standard InChI is InChI=1S/C18H27ClN2O5S/c1-6-11-18(4,17(23)26-5)20-16(22)14-12-13(9-10-15(14)19)27(24,25)21(7-2)8-3/h9-10,12H,6-8,11H2,1-5H3,(H,20,22). The number of rotatable bonds is 9. The fourth-order valence-corrected chi connectivity index (χ4v) is 4.50. The summed E-state index contributed by atoms with van der Waals surface area (Å²) in [6, 6.07) is 3.95. The van der Waals surface area contributed by atoms with E-state index in [4.69, 9.17) is 16.3 Å². The van der Waals surface area contributed by atoms with E-state index in [0.717, 1.165) is 0 Å². The molecule has 1 aromatic rings. The van der Waals surface area contributed by atoms with Crippen molar-refractivity contribution in [2.24, 2.45) is 0 Å². The van der Waals surface area contributed by atoms with E-state index in [0.29, 0.717) is 25.9 Å². The monoisotopic (exact) mass is 418 g/mol. The number of esters is 1. The zero-order valence-corrected chi connectivity index (χ0v) is 17.9. The molecule has 1 atom stereocenters. The normalized spacial score (nSPS) is 13.9. The number of sulfonamides is 1. The Morgan fingerprint density at radius 1 is 1.22 bits per heavy atom. The van der Waals surface area contributed by atoms with E-state index in [1.54, 1.807) is 20.8 Å². The molecule has 0 radical (unpaired) electrons. The molecule has 1 amide bonds. The Morgan fingerprint density at radius 2 is 1.81 bits per heavy atom. The van der Waals surface area contributed by atoms with Crippen LogP contribution in [0.3, 0.4) is 0 Å². The number of hydrogen-bond acceptors (Lipinski definition) is 5. The van der Waals surface area contributed by atoms with Gasteiger partial charge in [-0.3, -0.25) is 4.79 Å². The molecule has 152 valence electrons. The molecule has 0 aliphatic heterocycles. The van der Waals surface area contributed by atoms with Gasteiger partial charge in [-0.2, -0.15) is 4.31 Å². The van der Waals surface area contributed by atoms with Crippen molar-refractivity contribution in [1.82, 2.24) is 9.62 Å². The molecule has 27 heavy (non-hydrogen) atoms. The van der Waals surface area contributed by atoms with E-state index in [1.165, 1.54) is 29.6 Å². The molecular formula is C18H27ClN2O5S. The predicted molar refractivity (Wildman–Crippen MR) is 104 cm³/mol. The number of nitrogens with one attached hydrogen (secondary N) is 1. The zero-order chi connectivity index (χ0) is 20.8. The number of benzene rings is 1. The largest absolute Gasteiger partial charge is 0.467 e. The van der Waals surface area contributed by atoms with E-state index in [2.05, 4.69) is 5.32 Å². The maximum absolute atomic E-state index is 12.8. The molecule has 0 fully saturated rings. The summed E-state index contributed by atoms with van der Waals surface area (Å²) in [5.74, 6) is -1.22. The minimum atomic E-state index is -3.75. The molecule has 0 saturated carbocycles. The first kappa shape index (κ1) is 23.4. The van der Waals surface area contributed by atoms with Crippen molar-refractivity contribution < 1.29 is 22.7 Å². The van der Waals surface area contributed by atoms with Crippen molar-refractivity contribution >= 4 is 33.5 Å². The van der Waals surface area contributed by atoms with Crippen LogP contribution in [0.15, 0.2) is 23.1 Å². The Balaban J connectivity index is 3.31. The number of nitrogens with zero attached hydrogens (tertiary/aromatic N) is 1. The highest BCUT2D eigenvalue weighted by atomic mass is 35.5. The van der Waals surface area contributed by atoms with E-state index < -0.39 is 27.4 Å². The van der Waals surface area contributed by atoms with Gasteiger partial charge in [0.15, 0.2) is 0 Å². The van der Waals surface area contributed by atoms with Crippen LogP contribution in [0.2, 0.25) is 5.02 Å². The molecule has 0 heterocycles. The lowest BCUT2D eigenvalue weighted by molar-refractivity contribution is -0.147. The first-order valence-electron chi connectivity index (χ1n) is 8.77. The first-order chi connectivity index (χ1) is 12.6. The second-order valence-electron chi connectivity index (χ2n) is 6.26. The molecular weight excluding hydrogens is 392 g/mol. The van der Waals surface area contributed by atoms with Crippen molar-refractivity contribution in [2.45, 2.75) is 51.0 Å². The van der Waals surface area contributed by atoms with Crippen LogP contribution in [-0.2, 0) is 19.6 Å². The Morgan fingerprint density at radius 3 is 2.30 bits per heavy atom. The summed E-state index contributed by atoms with van der Waals surface area (Å²) in [6.07, 6.45) is 0.996. The maximum atomic E-state index is 12.8. The molecule has 0 aliphatic rings. The number of halogens is 1. The van der Waals surface area contributed by atoms with E-state index >= 15 is 0 Å². The van der Waals surface area contributed by atoms with Crippen LogP contribution in [0.25, 0.3) is 0 Å². The highest BCUT2D eigenvalue weighted by Crippen LogP contribution is 2.24. The number of ether oxygens (including phenoxy) is 1. The number of amides is 1. The smallest absolute Gasteiger partial charge is 0.331 e. The van der Waals surface area contributed by atoms with Crippen LogP contribution in [-0.4, -0.2) is 50.3 Å². The van der Waals surface area contributed by atoms with Gasteiger partial charge in [-0.1, -0.05) is 38.8 Å². The minimum absolute atomic E-state index is 0.0175. The average molecular weight is 419 g/mol. The molecule has 0 bridgehead atoms. The van der Waals surface area contributed by atoms with Gasteiger partial charge in [-0.25, -0.2) is 13.2 Å². The van der Waals surface area contributed by atoms with Crippen LogP contribution >= 0.6 is 11.6 Å². The zero-order valence-electron chi connectivity index (χ0n) is 16.3. The van der Waals surface area contributed by atoms with E-state index in [-0.39, 0.29) is 15.5 Å². The lowest BCUT2D eigenvalue weighted by atomic mass is 9.95. The third-order valence-corrected chi connectivity index (χ3v) is 6.68. The van der Waals surface area contributed by atoms with Crippen molar-refractivity contribution in [2.75, 3.05) is 20.2 Å². The second-order valence-corrected chi connectivity index (χ2v) is 8.60. The topological polar surface area (TPSA) is 92.8 Å². The molecule has 1 unspecified atom stereocenters. The van der Waals surface area contributed by atoms with Crippen LogP contribution in [0.4, 0.5) is 0 Å². The molecule has 1 aromatic carbocycles. The fraction of sp³-hybridized carbons (Fsp3) is 0.556. The number of methoxy groups -OCH3 is 1. The van der Waals surface area contributed by atoms with Crippen molar-refractivity contribution in [3.05, 3.63) is 28.8 Å². The van der Waals surface area contributed by atoms with Gasteiger partial charge in [0.1, 0.15) is 5.54 Å². The van der Waals surface area contributed by atoms with Gasteiger partial charge in [0.05, 0.1) is 22.6 Å². The number of carbonyl (C=O) groups excluding carboxylic acids is 2. The van der Waals surface area contributed by atoms with Crippen LogP contribution in [0.1, 0.15) is 50.9 Å². The third kappa shape index (κ3) is 5.21. The number of carbonyl (C=O) groups is 2. The SMILES string of the molecule is CCCC(C)(NC(=O)c1cc(S(=O)(=O)N(CC)CC)ccc1Cl)C(=O)OC. The Bertz CT molecular complexity index is 793. The van der Waals surface area contributed by atoms with Crippen LogP contribution in [0.5, 0.6) is 0 Å². The number of hydrogen-bond donors (Lipinski definition) is 1. The summed E-state index contributed by atoms with van der Waals surface area (Å²) in [6.45, 7) is 7.51. The van der Waals surface area contributed by atoms with Gasteiger partial charge in [0, 0.05) is 13.1 Å². The van der Waals surface area contributed by atoms with Gasteiger partial charge in [-0.05, 0) is 31.5 Å². The van der Waals surface area contributed by atoms with Crippen molar-refractivity contribution in [3.8, 4) is 0 Å². The summed E-state index contributed by atoms with van der Waals surface area (Å²) in [7, 11) is -2.50. The molecule has 0 aromatic heterocycles. The van der Waals surface area contributed by atoms with Gasteiger partial charge in [0.2, 0.25) is 10.0 Å². The Kier molecular flexibility index (Phi) is 8.25. The molecule has 7 nitrogen and oxygen atoms in total. The van der Waals surface area contributed by atoms with Gasteiger partial charge >= 0.3 is 5.97 Å². The van der Waals surface area contributed by atoms with Crippen LogP contribution < -0.4 is 5.32 Å². The highest BCUT2D eigenvalue weighted by molar-refractivity contribution is 7.89. The summed E-state index contributed by atoms with van der Waals surface area (Å²) in [5, 5.41) is 2.72. The van der Waals surface area contributed by atoms with Crippen LogP contribution in [0, 0.1) is 0 Å². The lowest BCUT2D eigenvalue weighted by Gasteiger charge is -2.28. The fourth-order valence-electron chi connectivity index (χ4n) is 2.81. The predicted octanol–water partition coefficient (Wildman–Crippen LogP) is 2.83. The summed E-state index contributed by atoms with van der Waals surface area (Å²) >= 11 is 6.12. The minimum Gasteiger partial charge on any atom is -0.467 e. The molecule has 0 spiro atoms. The quantitative estimate of drug-likeness (QED) is 0.622. The summed E-state index contributed by atoms with van der Waals surface area (Å²) in [4.78, 5) is 24.8. The van der Waals surface area contributed by atoms with Gasteiger partial charge in [0.25, 0.3) is 5.91 Å². The van der Waals surface area contributed by atoms with Crippen molar-refractivity contribution in [1.29, 1.82) is 0 Å². The third-order valence-electron chi connectivity index (χ3n) is 4.30. The summed E-state index contributed by atoms with van der Waals surface area (Å²) < 4.78 is 31.5. The van der Waals surface area contributed by atoms with Crippen molar-refractivity contribution in [3.63, 3.8) is 0 Å². The molecule has 0 saturated heterocycles. The second kappa shape index (κ2) is 9.52. The molecule has 1 N–H and O–H groups in total. The molecule has 9 heteroatoms. The molecule has 1 rings (SSSR count). The Hall–Kier alpha value is -1.64. The Labute approximate surface area is 166 Å². The van der Waals surface area contributed by atoms with Gasteiger partial charge in [-0.15, -0.1) is 0 Å². The maximum Gasteiger partial charge on any atom is 0.331 e. The highest BCUT2D eigenvalue weighted by Gasteiger charge is 2.36. The lowest BCUT2D eigenvalue weighted by Crippen LogP contribution is -2.52. The molecule has 0 aliphatic carbocycles. The first-order valence-corrected chi connectivity index (χ1v) is 10.6.